The minimum absolute atomic E-state index is 0.105. The third-order valence-electron chi connectivity index (χ3n) is 16.6. The molecular formula is C70H136O17P2. The number of rotatable bonds is 69. The van der Waals surface area contributed by atoms with Gasteiger partial charge in [-0.2, -0.15) is 0 Å². The predicted octanol–water partition coefficient (Wildman–Crippen LogP) is 20.0. The van der Waals surface area contributed by atoms with Gasteiger partial charge in [0.2, 0.25) is 0 Å². The summed E-state index contributed by atoms with van der Waals surface area (Å²) in [4.78, 5) is 72.3. The van der Waals surface area contributed by atoms with E-state index < -0.39 is 97.5 Å². The van der Waals surface area contributed by atoms with Crippen molar-refractivity contribution >= 4 is 39.5 Å². The van der Waals surface area contributed by atoms with Crippen molar-refractivity contribution in [3.8, 4) is 0 Å². The molecule has 3 unspecified atom stereocenters. The Hall–Kier alpha value is -1.94. The van der Waals surface area contributed by atoms with Crippen molar-refractivity contribution in [1.29, 1.82) is 0 Å². The second-order valence-electron chi connectivity index (χ2n) is 26.0. The molecule has 0 fully saturated rings. The monoisotopic (exact) mass is 1310 g/mol. The lowest BCUT2D eigenvalue weighted by molar-refractivity contribution is -0.161. The lowest BCUT2D eigenvalue weighted by Gasteiger charge is -2.21. The first-order chi connectivity index (χ1) is 42.9. The van der Waals surface area contributed by atoms with Gasteiger partial charge in [0.1, 0.15) is 19.3 Å². The molecule has 0 saturated heterocycles. The van der Waals surface area contributed by atoms with E-state index in [0.717, 1.165) is 115 Å². The Balaban J connectivity index is 5.17. The zero-order valence-corrected chi connectivity index (χ0v) is 59.5. The number of carbonyl (C=O) groups is 4. The number of aliphatic hydroxyl groups is 1. The lowest BCUT2D eigenvalue weighted by Crippen LogP contribution is -2.30. The van der Waals surface area contributed by atoms with E-state index >= 15 is 0 Å². The number of esters is 4. The molecule has 0 bridgehead atoms. The van der Waals surface area contributed by atoms with E-state index in [4.69, 9.17) is 37.0 Å². The van der Waals surface area contributed by atoms with E-state index in [1.807, 2.05) is 0 Å². The summed E-state index contributed by atoms with van der Waals surface area (Å²) in [6, 6.07) is 0. The van der Waals surface area contributed by atoms with Crippen LogP contribution >= 0.6 is 15.6 Å². The van der Waals surface area contributed by atoms with Crippen LogP contribution in [0.3, 0.4) is 0 Å². The summed E-state index contributed by atoms with van der Waals surface area (Å²) in [6.07, 6.45) is 47.3. The highest BCUT2D eigenvalue weighted by atomic mass is 31.2. The van der Waals surface area contributed by atoms with Crippen LogP contribution in [0.5, 0.6) is 0 Å². The van der Waals surface area contributed by atoms with Gasteiger partial charge >= 0.3 is 39.5 Å². The maximum Gasteiger partial charge on any atom is 0.472 e. The molecule has 0 spiro atoms. The molecule has 0 aromatic rings. The number of phosphoric ester groups is 2. The van der Waals surface area contributed by atoms with Gasteiger partial charge in [-0.3, -0.25) is 37.3 Å². The Labute approximate surface area is 543 Å². The van der Waals surface area contributed by atoms with Crippen LogP contribution < -0.4 is 0 Å². The molecule has 0 aromatic carbocycles. The average molecular weight is 1310 g/mol. The van der Waals surface area contributed by atoms with Crippen LogP contribution in [-0.2, 0) is 65.4 Å². The maximum atomic E-state index is 13.0. The number of aliphatic hydroxyl groups excluding tert-OH is 1. The van der Waals surface area contributed by atoms with Gasteiger partial charge in [0.05, 0.1) is 26.4 Å². The standard InChI is InChI=1S/C70H136O17P2/c1-7-10-12-14-16-27-36-42-48-54-69(74)86-65(58-80-67(72)52-46-40-32-15-13-11-8-2)60-84-88(76,77)82-56-64(71)57-83-89(78,79)85-61-66(59-81-68(73)53-47-41-35-30-26-25-29-34-39-45-51-63(6)9-3)87-70(75)55-49-43-37-31-24-22-20-18-17-19-21-23-28-33-38-44-50-62(4)5/h62-66,71H,7-61H2,1-6H3,(H,76,77)(H,78,79)/t63?,64-,65+,66+/m0/s1. The molecule has 0 heterocycles. The molecule has 89 heavy (non-hydrogen) atoms. The molecule has 528 valence electrons. The average Bonchev–Trinajstić information content (AvgIpc) is 3.62. The van der Waals surface area contributed by atoms with Crippen LogP contribution in [0, 0.1) is 11.8 Å². The Morgan fingerprint density at radius 2 is 0.573 bits per heavy atom. The highest BCUT2D eigenvalue weighted by Crippen LogP contribution is 2.45. The van der Waals surface area contributed by atoms with Crippen LogP contribution in [0.1, 0.15) is 356 Å². The first-order valence-electron chi connectivity index (χ1n) is 36.5. The van der Waals surface area contributed by atoms with Crippen molar-refractivity contribution in [2.24, 2.45) is 11.8 Å². The third kappa shape index (κ3) is 63.2. The second-order valence-corrected chi connectivity index (χ2v) is 28.9. The van der Waals surface area contributed by atoms with Crippen molar-refractivity contribution < 1.29 is 80.2 Å². The molecule has 0 aliphatic rings. The first-order valence-corrected chi connectivity index (χ1v) is 39.5. The highest BCUT2D eigenvalue weighted by Gasteiger charge is 2.30. The van der Waals surface area contributed by atoms with Gasteiger partial charge in [0.25, 0.3) is 0 Å². The quantitative estimate of drug-likeness (QED) is 0.0222. The highest BCUT2D eigenvalue weighted by molar-refractivity contribution is 7.47. The van der Waals surface area contributed by atoms with Gasteiger partial charge in [-0.15, -0.1) is 0 Å². The molecule has 3 N–H and O–H groups in total. The van der Waals surface area contributed by atoms with E-state index in [-0.39, 0.29) is 25.7 Å². The molecular weight excluding hydrogens is 1170 g/mol. The summed E-state index contributed by atoms with van der Waals surface area (Å²) in [5.74, 6) is -0.511. The Bertz CT molecular complexity index is 1740. The number of ether oxygens (including phenoxy) is 4. The molecule has 19 heteroatoms. The Kier molecular flexibility index (Phi) is 60.8. The van der Waals surface area contributed by atoms with E-state index in [1.165, 1.54) is 161 Å². The first kappa shape index (κ1) is 87.1. The van der Waals surface area contributed by atoms with Gasteiger partial charge in [-0.25, -0.2) is 9.13 Å². The van der Waals surface area contributed by atoms with Crippen molar-refractivity contribution in [1.82, 2.24) is 0 Å². The van der Waals surface area contributed by atoms with Crippen molar-refractivity contribution in [2.75, 3.05) is 39.6 Å². The molecule has 0 radical (unpaired) electrons. The summed E-state index contributed by atoms with van der Waals surface area (Å²) in [5.41, 5.74) is 0. The van der Waals surface area contributed by atoms with Crippen LogP contribution in [0.4, 0.5) is 0 Å². The van der Waals surface area contributed by atoms with Crippen LogP contribution in [-0.4, -0.2) is 96.7 Å². The second kappa shape index (κ2) is 62.2. The zero-order valence-electron chi connectivity index (χ0n) is 57.7. The minimum Gasteiger partial charge on any atom is -0.462 e. The molecule has 0 aliphatic carbocycles. The Morgan fingerprint density at radius 1 is 0.326 bits per heavy atom. The number of carbonyl (C=O) groups excluding carboxylic acids is 4. The molecule has 6 atom stereocenters. The summed E-state index contributed by atoms with van der Waals surface area (Å²) in [5, 5.41) is 10.6. The fourth-order valence-corrected chi connectivity index (χ4v) is 12.1. The summed E-state index contributed by atoms with van der Waals surface area (Å²) in [6.45, 7) is 9.55. The van der Waals surface area contributed by atoms with Gasteiger partial charge in [0.15, 0.2) is 12.2 Å². The summed E-state index contributed by atoms with van der Waals surface area (Å²) < 4.78 is 68.1. The van der Waals surface area contributed by atoms with E-state index in [2.05, 4.69) is 41.5 Å². The fourth-order valence-electron chi connectivity index (χ4n) is 10.6. The van der Waals surface area contributed by atoms with Crippen LogP contribution in [0.15, 0.2) is 0 Å². The predicted molar refractivity (Wildman–Crippen MR) is 358 cm³/mol. The van der Waals surface area contributed by atoms with Crippen molar-refractivity contribution in [3.63, 3.8) is 0 Å². The Morgan fingerprint density at radius 3 is 0.854 bits per heavy atom. The minimum atomic E-state index is -4.95. The smallest absolute Gasteiger partial charge is 0.462 e. The largest absolute Gasteiger partial charge is 0.472 e. The maximum absolute atomic E-state index is 13.0. The fraction of sp³-hybridized carbons (Fsp3) is 0.943. The van der Waals surface area contributed by atoms with Gasteiger partial charge in [-0.05, 0) is 37.5 Å². The van der Waals surface area contributed by atoms with E-state index in [9.17, 15) is 43.2 Å². The molecule has 0 rings (SSSR count). The SMILES string of the molecule is CCCCCCCCCCCC(=O)O[C@H](COC(=O)CCCCCCCCC)COP(=O)(O)OC[C@H](O)COP(=O)(O)OC[C@@H](COC(=O)CCCCCCCCCCCCC(C)CC)OC(=O)CCCCCCCCCCCCCCCCCCC(C)C. The normalized spacial score (nSPS) is 14.4. The number of hydrogen-bond donors (Lipinski definition) is 3. The zero-order chi connectivity index (χ0) is 65.7. The third-order valence-corrected chi connectivity index (χ3v) is 18.5. The summed E-state index contributed by atoms with van der Waals surface area (Å²) >= 11 is 0. The van der Waals surface area contributed by atoms with Crippen LogP contribution in [0.2, 0.25) is 0 Å². The molecule has 0 amide bonds. The molecule has 17 nitrogen and oxygen atoms in total. The van der Waals surface area contributed by atoms with Crippen molar-refractivity contribution in [2.45, 2.75) is 374 Å². The van der Waals surface area contributed by atoms with Gasteiger partial charge < -0.3 is 33.8 Å². The van der Waals surface area contributed by atoms with Crippen LogP contribution in [0.25, 0.3) is 0 Å². The lowest BCUT2D eigenvalue weighted by atomic mass is 9.99. The number of phosphoric acid groups is 2. The van der Waals surface area contributed by atoms with Gasteiger partial charge in [-0.1, -0.05) is 305 Å². The molecule has 0 saturated carbocycles. The van der Waals surface area contributed by atoms with Gasteiger partial charge in [0, 0.05) is 25.7 Å². The number of unbranched alkanes of at least 4 members (excludes halogenated alkanes) is 38. The number of hydrogen-bond acceptors (Lipinski definition) is 15. The summed E-state index contributed by atoms with van der Waals surface area (Å²) in [7, 11) is -9.89. The van der Waals surface area contributed by atoms with Crippen molar-refractivity contribution in [3.05, 3.63) is 0 Å². The topological polar surface area (TPSA) is 237 Å². The molecule has 0 aliphatic heterocycles. The molecule has 0 aromatic heterocycles. The van der Waals surface area contributed by atoms with E-state index in [0.29, 0.717) is 25.7 Å². The van der Waals surface area contributed by atoms with E-state index in [1.54, 1.807) is 0 Å².